The third kappa shape index (κ3) is 4.04. The fourth-order valence-electron chi connectivity index (χ4n) is 3.95. The van der Waals surface area contributed by atoms with Crippen LogP contribution in [0.4, 0.5) is 5.69 Å². The number of carbonyl (C=O) groups is 1. The van der Waals surface area contributed by atoms with Crippen LogP contribution in [0.15, 0.2) is 22.6 Å². The van der Waals surface area contributed by atoms with Gasteiger partial charge in [0.15, 0.2) is 5.84 Å². The van der Waals surface area contributed by atoms with E-state index in [9.17, 15) is 13.9 Å². The van der Waals surface area contributed by atoms with E-state index in [1.165, 1.54) is 0 Å². The minimum Gasteiger partial charge on any atom is -0.492 e. The number of amides is 1. The van der Waals surface area contributed by atoms with Crippen LogP contribution < -0.4 is 15.2 Å². The fourth-order valence-corrected chi connectivity index (χ4v) is 4.83. The average Bonchev–Trinajstić information content (AvgIpc) is 3.19. The first kappa shape index (κ1) is 19.3. The summed E-state index contributed by atoms with van der Waals surface area (Å²) in [5.74, 6) is 0.971. The van der Waals surface area contributed by atoms with Gasteiger partial charge in [-0.05, 0) is 42.4 Å². The number of hydrogen-bond acceptors (Lipinski definition) is 8. The molecule has 4 rings (SSSR count). The van der Waals surface area contributed by atoms with Crippen molar-refractivity contribution < 1.29 is 23.4 Å². The molecule has 3 aliphatic heterocycles. The first-order valence-corrected chi connectivity index (χ1v) is 11.0. The lowest BCUT2D eigenvalue weighted by atomic mass is 9.97. The third-order valence-electron chi connectivity index (χ3n) is 5.34. The summed E-state index contributed by atoms with van der Waals surface area (Å²) >= 11 is 0. The molecule has 10 heteroatoms. The van der Waals surface area contributed by atoms with Crippen molar-refractivity contribution in [3.63, 3.8) is 0 Å². The molecule has 5 N–H and O–H groups in total. The third-order valence-corrected chi connectivity index (χ3v) is 6.28. The number of anilines is 1. The number of piperidine rings is 1. The van der Waals surface area contributed by atoms with E-state index in [-0.39, 0.29) is 23.6 Å². The summed E-state index contributed by atoms with van der Waals surface area (Å²) < 4.78 is 37.2. The quantitative estimate of drug-likeness (QED) is 0.598. The molecule has 3 aliphatic rings. The predicted molar refractivity (Wildman–Crippen MR) is 107 cm³/mol. The second kappa shape index (κ2) is 7.78. The Kier molecular flexibility index (Phi) is 5.37. The molecule has 154 valence electrons. The number of rotatable bonds is 4. The molecular weight excluding hydrogens is 384 g/mol. The van der Waals surface area contributed by atoms with Gasteiger partial charge in [0.1, 0.15) is 5.75 Å². The summed E-state index contributed by atoms with van der Waals surface area (Å²) in [6.07, 6.45) is 2.74. The van der Waals surface area contributed by atoms with Crippen LogP contribution in [0, 0.1) is 11.8 Å². The molecule has 2 saturated heterocycles. The van der Waals surface area contributed by atoms with Crippen LogP contribution in [-0.2, 0) is 9.53 Å². The molecule has 0 spiro atoms. The van der Waals surface area contributed by atoms with Gasteiger partial charge in [0, 0.05) is 25.6 Å². The molecule has 0 bridgehead atoms. The molecule has 9 nitrogen and oxygen atoms in total. The highest BCUT2D eigenvalue weighted by atomic mass is 32.3. The van der Waals surface area contributed by atoms with Gasteiger partial charge in [-0.3, -0.25) is 18.6 Å². The number of fused-ring (bicyclic) bond motifs is 1. The number of nitrogens with two attached hydrogens (primary N) is 1. The van der Waals surface area contributed by atoms with Crippen molar-refractivity contribution in [2.24, 2.45) is 22.0 Å². The van der Waals surface area contributed by atoms with Crippen LogP contribution in [0.5, 0.6) is 5.75 Å². The van der Waals surface area contributed by atoms with Crippen molar-refractivity contribution in [3.8, 4) is 5.75 Å². The predicted octanol–water partition coefficient (Wildman–Crippen LogP) is 2.05. The summed E-state index contributed by atoms with van der Waals surface area (Å²) in [4.78, 5) is 14.6. The van der Waals surface area contributed by atoms with Crippen molar-refractivity contribution in [2.45, 2.75) is 19.3 Å². The van der Waals surface area contributed by atoms with Gasteiger partial charge in [-0.1, -0.05) is 6.07 Å². The van der Waals surface area contributed by atoms with Crippen LogP contribution in [-0.4, -0.2) is 58.7 Å². The summed E-state index contributed by atoms with van der Waals surface area (Å²) in [7, 11) is -3.32. The van der Waals surface area contributed by atoms with Crippen molar-refractivity contribution in [1.82, 2.24) is 4.90 Å². The van der Waals surface area contributed by atoms with E-state index in [4.69, 9.17) is 15.2 Å². The zero-order valence-electron chi connectivity index (χ0n) is 15.5. The van der Waals surface area contributed by atoms with E-state index in [2.05, 4.69) is 9.12 Å². The molecule has 2 fully saturated rings. The second-order valence-electron chi connectivity index (χ2n) is 7.44. The normalized spacial score (nSPS) is 27.4. The van der Waals surface area contributed by atoms with Crippen molar-refractivity contribution in [2.75, 3.05) is 37.6 Å². The smallest absolute Gasteiger partial charge is 0.228 e. The van der Waals surface area contributed by atoms with Crippen molar-refractivity contribution in [3.05, 3.63) is 23.8 Å². The largest absolute Gasteiger partial charge is 0.492 e. The van der Waals surface area contributed by atoms with E-state index in [1.807, 2.05) is 4.90 Å². The maximum atomic E-state index is 12.6. The number of nitrogens with zero attached hydrogens (tertiary/aromatic N) is 2. The number of benzene rings is 1. The van der Waals surface area contributed by atoms with E-state index in [0.717, 1.165) is 25.8 Å². The Balaban J connectivity index is 1.40. The van der Waals surface area contributed by atoms with Crippen LogP contribution in [0.1, 0.15) is 24.8 Å². The Hall–Kier alpha value is -2.01. The highest BCUT2D eigenvalue weighted by Crippen LogP contribution is 2.46. The average molecular weight is 410 g/mol. The van der Waals surface area contributed by atoms with Gasteiger partial charge in [0.05, 0.1) is 30.4 Å². The Morgan fingerprint density at radius 2 is 2.29 bits per heavy atom. The van der Waals surface area contributed by atoms with E-state index in [0.29, 0.717) is 43.4 Å². The minimum absolute atomic E-state index is 0.0115. The van der Waals surface area contributed by atoms with Gasteiger partial charge in [0.2, 0.25) is 5.91 Å². The number of hydrogen-bond donors (Lipinski definition) is 4. The summed E-state index contributed by atoms with van der Waals surface area (Å²) in [6.45, 7) is 3.10. The lowest BCUT2D eigenvalue weighted by Gasteiger charge is -2.35. The second-order valence-corrected chi connectivity index (χ2v) is 8.86. The lowest BCUT2D eigenvalue weighted by molar-refractivity contribution is -0.137. The van der Waals surface area contributed by atoms with Crippen molar-refractivity contribution in [1.29, 1.82) is 0 Å². The first-order chi connectivity index (χ1) is 13.4. The highest BCUT2D eigenvalue weighted by molar-refractivity contribution is 8.24. The Labute approximate surface area is 165 Å². The molecule has 2 unspecified atom stereocenters. The summed E-state index contributed by atoms with van der Waals surface area (Å²) in [5.41, 5.74) is 6.94. The molecule has 3 heterocycles. The number of carbonyl (C=O) groups excluding carboxylic acids is 1. The van der Waals surface area contributed by atoms with Gasteiger partial charge in [-0.2, -0.15) is 0 Å². The Morgan fingerprint density at radius 3 is 3.07 bits per heavy atom. The summed E-state index contributed by atoms with van der Waals surface area (Å²) in [5, 5.41) is 0. The number of ether oxygens (including phenoxy) is 2. The van der Waals surface area contributed by atoms with Crippen LogP contribution in [0.3, 0.4) is 0 Å². The van der Waals surface area contributed by atoms with Gasteiger partial charge in [-0.15, -0.1) is 4.40 Å². The zero-order chi connectivity index (χ0) is 19.7. The van der Waals surface area contributed by atoms with E-state index >= 15 is 0 Å². The van der Waals surface area contributed by atoms with Crippen LogP contribution in [0.2, 0.25) is 0 Å². The molecule has 0 aliphatic carbocycles. The SMILES string of the molecule is NC1=NS(O)(O)Nc2cccc(OCC3CCCN(C(=O)C4CCOC4)C3)c21. The number of amidine groups is 1. The van der Waals surface area contributed by atoms with Gasteiger partial charge >= 0.3 is 0 Å². The Morgan fingerprint density at radius 1 is 1.43 bits per heavy atom. The standard InChI is InChI=1S/C18H26N4O5S/c19-17-16-14(20-28(24,25)21-17)4-1-5-15(16)27-10-12-3-2-7-22(9-12)18(23)13-6-8-26-11-13/h1,4-5,12-13,20,24-25H,2-3,6-11H2,(H2,19,21). The van der Waals surface area contributed by atoms with Gasteiger partial charge in [0.25, 0.3) is 0 Å². The zero-order valence-corrected chi connectivity index (χ0v) is 16.4. The molecule has 0 saturated carbocycles. The molecule has 28 heavy (non-hydrogen) atoms. The van der Waals surface area contributed by atoms with Gasteiger partial charge in [-0.25, -0.2) is 0 Å². The molecule has 1 aromatic rings. The Bertz CT molecular complexity index is 781. The fraction of sp³-hybridized carbons (Fsp3) is 0.556. The topological polar surface area (TPSA) is 130 Å². The molecule has 0 radical (unpaired) electrons. The lowest BCUT2D eigenvalue weighted by Crippen LogP contribution is -2.44. The van der Waals surface area contributed by atoms with Crippen molar-refractivity contribution >= 4 is 28.4 Å². The molecular formula is C18H26N4O5S. The summed E-state index contributed by atoms with van der Waals surface area (Å²) in [6, 6.07) is 5.23. The maximum Gasteiger partial charge on any atom is 0.228 e. The maximum absolute atomic E-state index is 12.6. The monoisotopic (exact) mass is 410 g/mol. The minimum atomic E-state index is -3.32. The van der Waals surface area contributed by atoms with E-state index < -0.39 is 11.0 Å². The van der Waals surface area contributed by atoms with E-state index in [1.54, 1.807) is 18.2 Å². The number of nitrogens with one attached hydrogen (secondary N) is 1. The molecule has 1 aromatic carbocycles. The number of likely N-dealkylation sites (tertiary alicyclic amines) is 1. The molecule has 0 aromatic heterocycles. The van der Waals surface area contributed by atoms with Crippen LogP contribution in [0.25, 0.3) is 0 Å². The van der Waals surface area contributed by atoms with Crippen LogP contribution >= 0.6 is 11.0 Å². The molecule has 1 amide bonds. The first-order valence-electron chi connectivity index (χ1n) is 9.47. The highest BCUT2D eigenvalue weighted by Gasteiger charge is 2.32. The van der Waals surface area contributed by atoms with Gasteiger partial charge < -0.3 is 20.1 Å². The molecule has 2 atom stereocenters.